The molecule has 23 heavy (non-hydrogen) atoms. The minimum atomic E-state index is -1.75. The van der Waals surface area contributed by atoms with Gasteiger partial charge in [0.25, 0.3) is 0 Å². The van der Waals surface area contributed by atoms with Gasteiger partial charge in [-0.3, -0.25) is 0 Å². The van der Waals surface area contributed by atoms with Crippen LogP contribution < -0.4 is 0 Å². The average molecular weight is 342 g/mol. The Kier molecular flexibility index (Phi) is 6.27. The van der Waals surface area contributed by atoms with Gasteiger partial charge in [0, 0.05) is 0 Å². The van der Waals surface area contributed by atoms with Crippen molar-refractivity contribution in [1.82, 2.24) is 0 Å². The van der Waals surface area contributed by atoms with Gasteiger partial charge in [0.2, 0.25) is 0 Å². The summed E-state index contributed by atoms with van der Waals surface area (Å²) in [6.45, 7) is -1.33. The van der Waals surface area contributed by atoms with E-state index in [9.17, 15) is 30.6 Å². The molecule has 8 N–H and O–H groups in total. The number of rotatable bonds is 4. The summed E-state index contributed by atoms with van der Waals surface area (Å²) in [6, 6.07) is 0. The average Bonchev–Trinajstić information content (AvgIpc) is 2.54. The molecule has 10 atom stereocenters. The third-order valence-corrected chi connectivity index (χ3v) is 3.98. The third-order valence-electron chi connectivity index (χ3n) is 3.98. The molecule has 0 radical (unpaired) electrons. The second kappa shape index (κ2) is 7.63. The minimum absolute atomic E-state index is 0.651. The molecule has 2 aliphatic rings. The molecule has 136 valence electrons. The van der Waals surface area contributed by atoms with E-state index in [1.807, 2.05) is 0 Å². The zero-order chi connectivity index (χ0) is 17.3. The first kappa shape index (κ1) is 18.9. The molecule has 2 rings (SSSR count). The van der Waals surface area contributed by atoms with E-state index in [1.54, 1.807) is 0 Å². The molecular weight excluding hydrogens is 320 g/mol. The Morgan fingerprint density at radius 2 is 1.17 bits per heavy atom. The van der Waals surface area contributed by atoms with Gasteiger partial charge in [0.15, 0.2) is 12.6 Å². The van der Waals surface area contributed by atoms with Crippen molar-refractivity contribution in [2.24, 2.45) is 0 Å². The Morgan fingerprint density at radius 1 is 0.652 bits per heavy atom. The Morgan fingerprint density at radius 3 is 1.74 bits per heavy atom. The second-order valence-corrected chi connectivity index (χ2v) is 5.53. The summed E-state index contributed by atoms with van der Waals surface area (Å²) in [5.41, 5.74) is 0. The fourth-order valence-electron chi connectivity index (χ4n) is 2.55. The molecule has 0 aliphatic carbocycles. The second-order valence-electron chi connectivity index (χ2n) is 5.53. The molecule has 2 aliphatic heterocycles. The van der Waals surface area contributed by atoms with Crippen LogP contribution in [0, 0.1) is 0 Å². The SMILES string of the molecule is OC[C@H]1OC(O)[C@H](O[C@H]2O[C@H](CO)[C@@H](O)[C@H](O)[C@@H]2O)[C@@H](O)[C@H]1O. The van der Waals surface area contributed by atoms with E-state index in [4.69, 9.17) is 24.4 Å². The zero-order valence-electron chi connectivity index (χ0n) is 12.0. The monoisotopic (exact) mass is 342 g/mol. The van der Waals surface area contributed by atoms with Crippen molar-refractivity contribution >= 4 is 0 Å². The number of aliphatic hydroxyl groups excluding tert-OH is 8. The van der Waals surface area contributed by atoms with Crippen molar-refractivity contribution in [3.05, 3.63) is 0 Å². The molecule has 11 heteroatoms. The summed E-state index contributed by atoms with van der Waals surface area (Å²) in [4.78, 5) is 0. The van der Waals surface area contributed by atoms with Gasteiger partial charge in [0.1, 0.15) is 48.8 Å². The predicted molar refractivity (Wildman–Crippen MR) is 68.6 cm³/mol. The molecule has 0 saturated carbocycles. The maximum atomic E-state index is 9.94. The largest absolute Gasteiger partial charge is 0.394 e. The van der Waals surface area contributed by atoms with Gasteiger partial charge in [0.05, 0.1) is 13.2 Å². The van der Waals surface area contributed by atoms with Gasteiger partial charge in [-0.15, -0.1) is 0 Å². The van der Waals surface area contributed by atoms with E-state index < -0.39 is 74.6 Å². The van der Waals surface area contributed by atoms with Gasteiger partial charge in [-0.05, 0) is 0 Å². The lowest BCUT2D eigenvalue weighted by atomic mass is 9.97. The topological polar surface area (TPSA) is 190 Å². The minimum Gasteiger partial charge on any atom is -0.394 e. The molecule has 0 aromatic heterocycles. The normalized spacial score (nSPS) is 51.7. The lowest BCUT2D eigenvalue weighted by Gasteiger charge is -2.44. The molecular formula is C12H22O11. The van der Waals surface area contributed by atoms with E-state index >= 15 is 0 Å². The first-order valence-corrected chi connectivity index (χ1v) is 7.08. The maximum Gasteiger partial charge on any atom is 0.187 e. The van der Waals surface area contributed by atoms with Gasteiger partial charge >= 0.3 is 0 Å². The summed E-state index contributed by atoms with van der Waals surface area (Å²) in [7, 11) is 0. The molecule has 0 spiro atoms. The van der Waals surface area contributed by atoms with Gasteiger partial charge < -0.3 is 55.1 Å². The Labute approximate surface area is 130 Å². The van der Waals surface area contributed by atoms with Gasteiger partial charge in [-0.25, -0.2) is 0 Å². The highest BCUT2D eigenvalue weighted by molar-refractivity contribution is 4.93. The van der Waals surface area contributed by atoms with Crippen LogP contribution in [-0.2, 0) is 14.2 Å². The van der Waals surface area contributed by atoms with Crippen LogP contribution in [-0.4, -0.2) is 115 Å². The quantitative estimate of drug-likeness (QED) is 0.243. The highest BCUT2D eigenvalue weighted by atomic mass is 16.7. The third kappa shape index (κ3) is 3.65. The van der Waals surface area contributed by atoms with E-state index in [0.29, 0.717) is 0 Å². The van der Waals surface area contributed by atoms with Crippen molar-refractivity contribution in [1.29, 1.82) is 0 Å². The van der Waals surface area contributed by atoms with Crippen molar-refractivity contribution in [2.45, 2.75) is 61.4 Å². The van der Waals surface area contributed by atoms with Crippen molar-refractivity contribution in [2.75, 3.05) is 13.2 Å². The van der Waals surface area contributed by atoms with Crippen LogP contribution in [0.4, 0.5) is 0 Å². The van der Waals surface area contributed by atoms with Crippen molar-refractivity contribution < 1.29 is 55.1 Å². The summed E-state index contributed by atoms with van der Waals surface area (Å²) >= 11 is 0. The predicted octanol–water partition coefficient (Wildman–Crippen LogP) is -5.40. The van der Waals surface area contributed by atoms with Gasteiger partial charge in [-0.2, -0.15) is 0 Å². The smallest absolute Gasteiger partial charge is 0.187 e. The standard InChI is InChI=1S/C12H22O11/c13-1-3-6(16)8(18)10(11(20)21-3)23-12-9(19)7(17)5(15)4(2-14)22-12/h3-20H,1-2H2/t3-,4-,5-,6+,7+,8+,9+,10-,11?,12-/m1/s1. The fraction of sp³-hybridized carbons (Fsp3) is 1.00. The number of ether oxygens (including phenoxy) is 3. The Hall–Kier alpha value is -0.440. The van der Waals surface area contributed by atoms with Crippen LogP contribution in [0.25, 0.3) is 0 Å². The van der Waals surface area contributed by atoms with Crippen LogP contribution in [0.5, 0.6) is 0 Å². The van der Waals surface area contributed by atoms with E-state index in [0.717, 1.165) is 0 Å². The summed E-state index contributed by atoms with van der Waals surface area (Å²) in [6.07, 6.45) is -15.6. The molecule has 0 bridgehead atoms. The summed E-state index contributed by atoms with van der Waals surface area (Å²) < 4.78 is 15.1. The maximum absolute atomic E-state index is 9.94. The fourth-order valence-corrected chi connectivity index (χ4v) is 2.55. The highest BCUT2D eigenvalue weighted by Gasteiger charge is 2.50. The molecule has 0 aromatic rings. The van der Waals surface area contributed by atoms with Crippen LogP contribution in [0.2, 0.25) is 0 Å². The first-order chi connectivity index (χ1) is 10.8. The van der Waals surface area contributed by atoms with E-state index in [1.165, 1.54) is 0 Å². The molecule has 1 unspecified atom stereocenters. The number of hydrogen-bond donors (Lipinski definition) is 8. The lowest BCUT2D eigenvalue weighted by molar-refractivity contribution is -0.361. The van der Waals surface area contributed by atoms with Crippen molar-refractivity contribution in [3.8, 4) is 0 Å². The number of aliphatic hydroxyl groups is 8. The molecule has 11 nitrogen and oxygen atoms in total. The summed E-state index contributed by atoms with van der Waals surface area (Å²) in [5, 5.41) is 76.7. The van der Waals surface area contributed by atoms with Crippen LogP contribution >= 0.6 is 0 Å². The zero-order valence-corrected chi connectivity index (χ0v) is 12.0. The van der Waals surface area contributed by atoms with E-state index in [-0.39, 0.29) is 0 Å². The first-order valence-electron chi connectivity index (χ1n) is 7.08. The number of hydrogen-bond acceptors (Lipinski definition) is 11. The lowest BCUT2D eigenvalue weighted by Crippen LogP contribution is -2.64. The molecule has 0 aromatic carbocycles. The van der Waals surface area contributed by atoms with Crippen molar-refractivity contribution in [3.63, 3.8) is 0 Å². The molecule has 0 amide bonds. The van der Waals surface area contributed by atoms with Gasteiger partial charge in [-0.1, -0.05) is 0 Å². The van der Waals surface area contributed by atoms with Crippen LogP contribution in [0.3, 0.4) is 0 Å². The van der Waals surface area contributed by atoms with Crippen LogP contribution in [0.1, 0.15) is 0 Å². The van der Waals surface area contributed by atoms with E-state index in [2.05, 4.69) is 0 Å². The van der Waals surface area contributed by atoms with Crippen LogP contribution in [0.15, 0.2) is 0 Å². The highest BCUT2D eigenvalue weighted by Crippen LogP contribution is 2.28. The Bertz CT molecular complexity index is 380. The molecule has 2 saturated heterocycles. The summed E-state index contributed by atoms with van der Waals surface area (Å²) in [5.74, 6) is 0. The Balaban J connectivity index is 2.08. The molecule has 2 heterocycles. The molecule has 2 fully saturated rings.